The molecule has 0 aliphatic heterocycles. The summed E-state index contributed by atoms with van der Waals surface area (Å²) in [7, 11) is 0. The maximum atomic E-state index is 11.8. The predicted molar refractivity (Wildman–Crippen MR) is 87.5 cm³/mol. The second kappa shape index (κ2) is 7.98. The van der Waals surface area contributed by atoms with Crippen LogP contribution in [0, 0.1) is 0 Å². The first kappa shape index (κ1) is 17.3. The molecule has 7 nitrogen and oxygen atoms in total. The smallest absolute Gasteiger partial charge is 0.276 e. The number of nitrogens with two attached hydrogens (primary N) is 1. The lowest BCUT2D eigenvalue weighted by Gasteiger charge is -2.10. The van der Waals surface area contributed by atoms with E-state index < -0.39 is 24.3 Å². The molecule has 0 atom stereocenters. The Hall–Kier alpha value is -3.06. The Labute approximate surface area is 142 Å². The van der Waals surface area contributed by atoms with E-state index in [0.29, 0.717) is 10.6 Å². The summed E-state index contributed by atoms with van der Waals surface area (Å²) in [6.07, 6.45) is 0. The summed E-state index contributed by atoms with van der Waals surface area (Å²) in [5.74, 6) is -1.62. The highest BCUT2D eigenvalue weighted by Crippen LogP contribution is 2.16. The van der Waals surface area contributed by atoms with Crippen molar-refractivity contribution < 1.29 is 19.1 Å². The minimum atomic E-state index is -0.666. The number of halogens is 1. The maximum Gasteiger partial charge on any atom is 0.276 e. The zero-order valence-electron chi connectivity index (χ0n) is 12.4. The first-order valence-corrected chi connectivity index (χ1v) is 7.21. The largest absolute Gasteiger partial charge is 0.483 e. The van der Waals surface area contributed by atoms with Gasteiger partial charge >= 0.3 is 0 Å². The van der Waals surface area contributed by atoms with Gasteiger partial charge in [0.25, 0.3) is 17.7 Å². The molecule has 2 aromatic rings. The molecule has 0 spiro atoms. The van der Waals surface area contributed by atoms with E-state index in [4.69, 9.17) is 22.1 Å². The second-order valence-electron chi connectivity index (χ2n) is 4.66. The van der Waals surface area contributed by atoms with Crippen LogP contribution in [0.3, 0.4) is 0 Å². The maximum absolute atomic E-state index is 11.8. The summed E-state index contributed by atoms with van der Waals surface area (Å²) in [6, 6.07) is 12.5. The van der Waals surface area contributed by atoms with Gasteiger partial charge in [-0.2, -0.15) is 0 Å². The van der Waals surface area contributed by atoms with Crippen molar-refractivity contribution in [2.45, 2.75) is 0 Å². The fourth-order valence-corrected chi connectivity index (χ4v) is 1.99. The number of carbonyl (C=O) groups excluding carboxylic acids is 3. The van der Waals surface area contributed by atoms with Gasteiger partial charge in [0.2, 0.25) is 0 Å². The van der Waals surface area contributed by atoms with Crippen molar-refractivity contribution >= 4 is 29.3 Å². The zero-order chi connectivity index (χ0) is 17.5. The zero-order valence-corrected chi connectivity index (χ0v) is 13.2. The van der Waals surface area contributed by atoms with Crippen LogP contribution in [0.1, 0.15) is 20.7 Å². The van der Waals surface area contributed by atoms with Crippen LogP contribution in [0.4, 0.5) is 0 Å². The van der Waals surface area contributed by atoms with Crippen molar-refractivity contribution in [3.8, 4) is 5.75 Å². The molecule has 2 rings (SSSR count). The number of para-hydroxylation sites is 1. The number of rotatable bonds is 5. The van der Waals surface area contributed by atoms with E-state index in [9.17, 15) is 14.4 Å². The lowest BCUT2D eigenvalue weighted by atomic mass is 10.2. The van der Waals surface area contributed by atoms with Crippen molar-refractivity contribution in [3.63, 3.8) is 0 Å². The average molecular weight is 348 g/mol. The summed E-state index contributed by atoms with van der Waals surface area (Å²) < 4.78 is 5.23. The molecule has 0 heterocycles. The molecule has 2 aromatic carbocycles. The number of benzene rings is 2. The van der Waals surface area contributed by atoms with Gasteiger partial charge in [-0.05, 0) is 30.3 Å². The molecule has 0 saturated heterocycles. The fourth-order valence-electron chi connectivity index (χ4n) is 1.80. The van der Waals surface area contributed by atoms with E-state index >= 15 is 0 Å². The molecule has 0 aromatic heterocycles. The van der Waals surface area contributed by atoms with Gasteiger partial charge in [0.1, 0.15) is 5.75 Å². The molecular weight excluding hydrogens is 334 g/mol. The number of nitrogens with one attached hydrogen (secondary N) is 2. The molecule has 0 unspecified atom stereocenters. The molecule has 4 N–H and O–H groups in total. The van der Waals surface area contributed by atoms with Crippen LogP contribution in [0.2, 0.25) is 5.02 Å². The van der Waals surface area contributed by atoms with Crippen molar-refractivity contribution in [3.05, 3.63) is 64.7 Å². The van der Waals surface area contributed by atoms with Gasteiger partial charge in [-0.25, -0.2) is 0 Å². The number of amides is 3. The van der Waals surface area contributed by atoms with Crippen molar-refractivity contribution in [1.29, 1.82) is 0 Å². The van der Waals surface area contributed by atoms with Gasteiger partial charge in [0.05, 0.1) is 5.56 Å². The molecule has 3 amide bonds. The SMILES string of the molecule is NC(=O)c1ccccc1OCC(=O)NNC(=O)c1cccc(Cl)c1. The summed E-state index contributed by atoms with van der Waals surface area (Å²) in [5, 5.41) is 0.403. The number of hydrogen-bond acceptors (Lipinski definition) is 4. The van der Waals surface area contributed by atoms with Crippen LogP contribution in [0.5, 0.6) is 5.75 Å². The minimum Gasteiger partial charge on any atom is -0.483 e. The summed E-state index contributed by atoms with van der Waals surface area (Å²) in [6.45, 7) is -0.403. The Kier molecular flexibility index (Phi) is 5.75. The Morgan fingerprint density at radius 2 is 1.79 bits per heavy atom. The van der Waals surface area contributed by atoms with Gasteiger partial charge in [-0.3, -0.25) is 25.2 Å². The van der Waals surface area contributed by atoms with Crippen molar-refractivity contribution in [2.75, 3.05) is 6.61 Å². The Morgan fingerprint density at radius 3 is 2.50 bits per heavy atom. The molecule has 124 valence electrons. The molecule has 0 fully saturated rings. The van der Waals surface area contributed by atoms with Crippen LogP contribution in [0.15, 0.2) is 48.5 Å². The third-order valence-corrected chi connectivity index (χ3v) is 3.15. The highest BCUT2D eigenvalue weighted by atomic mass is 35.5. The Bertz CT molecular complexity index is 779. The molecule has 0 aliphatic rings. The predicted octanol–water partition coefficient (Wildman–Crippen LogP) is 1.28. The summed E-state index contributed by atoms with van der Waals surface area (Å²) in [5.41, 5.74) is 10.1. The first-order chi connectivity index (χ1) is 11.5. The summed E-state index contributed by atoms with van der Waals surface area (Å²) in [4.78, 5) is 34.8. The van der Waals surface area contributed by atoms with E-state index in [0.717, 1.165) is 0 Å². The molecule has 0 radical (unpaired) electrons. The minimum absolute atomic E-state index is 0.160. The van der Waals surface area contributed by atoms with Gasteiger partial charge in [-0.1, -0.05) is 29.8 Å². The van der Waals surface area contributed by atoms with Gasteiger partial charge in [0.15, 0.2) is 6.61 Å². The number of primary amides is 1. The van der Waals surface area contributed by atoms with Crippen LogP contribution in [-0.4, -0.2) is 24.3 Å². The van der Waals surface area contributed by atoms with Crippen LogP contribution in [0.25, 0.3) is 0 Å². The van der Waals surface area contributed by atoms with Crippen LogP contribution >= 0.6 is 11.6 Å². The first-order valence-electron chi connectivity index (χ1n) is 6.84. The number of hydrogen-bond donors (Lipinski definition) is 3. The Morgan fingerprint density at radius 1 is 1.04 bits per heavy atom. The quantitative estimate of drug-likeness (QED) is 0.707. The summed E-state index contributed by atoms with van der Waals surface area (Å²) >= 11 is 5.78. The monoisotopic (exact) mass is 347 g/mol. The molecule has 0 saturated carbocycles. The van der Waals surface area contributed by atoms with Gasteiger partial charge in [-0.15, -0.1) is 0 Å². The van der Waals surface area contributed by atoms with Crippen molar-refractivity contribution in [1.82, 2.24) is 10.9 Å². The Balaban J connectivity index is 1.86. The number of hydrazine groups is 1. The third kappa shape index (κ3) is 4.72. The molecular formula is C16H14ClN3O4. The van der Waals surface area contributed by atoms with E-state index in [2.05, 4.69) is 10.9 Å². The molecule has 0 aliphatic carbocycles. The average Bonchev–Trinajstić information content (AvgIpc) is 2.58. The van der Waals surface area contributed by atoms with E-state index in [1.165, 1.54) is 18.2 Å². The highest BCUT2D eigenvalue weighted by Gasteiger charge is 2.11. The van der Waals surface area contributed by atoms with Gasteiger partial charge < -0.3 is 10.5 Å². The fraction of sp³-hybridized carbons (Fsp3) is 0.0625. The van der Waals surface area contributed by atoms with Crippen LogP contribution < -0.4 is 21.3 Å². The van der Waals surface area contributed by atoms with E-state index in [1.807, 2.05) is 0 Å². The number of ether oxygens (including phenoxy) is 1. The van der Waals surface area contributed by atoms with E-state index in [-0.39, 0.29) is 11.3 Å². The van der Waals surface area contributed by atoms with Gasteiger partial charge in [0, 0.05) is 10.6 Å². The standard InChI is InChI=1S/C16H14ClN3O4/c17-11-5-3-4-10(8-11)16(23)20-19-14(21)9-24-13-7-2-1-6-12(13)15(18)22/h1-8H,9H2,(H2,18,22)(H,19,21)(H,20,23). The third-order valence-electron chi connectivity index (χ3n) is 2.91. The van der Waals surface area contributed by atoms with Crippen LogP contribution in [-0.2, 0) is 4.79 Å². The van der Waals surface area contributed by atoms with E-state index in [1.54, 1.807) is 30.3 Å². The molecule has 24 heavy (non-hydrogen) atoms. The normalized spacial score (nSPS) is 9.88. The lowest BCUT2D eigenvalue weighted by Crippen LogP contribution is -2.43. The molecule has 0 bridgehead atoms. The lowest BCUT2D eigenvalue weighted by molar-refractivity contribution is -0.123. The number of carbonyl (C=O) groups is 3. The second-order valence-corrected chi connectivity index (χ2v) is 5.10. The topological polar surface area (TPSA) is 111 Å². The molecule has 8 heteroatoms. The highest BCUT2D eigenvalue weighted by molar-refractivity contribution is 6.30. The van der Waals surface area contributed by atoms with Crippen molar-refractivity contribution in [2.24, 2.45) is 5.73 Å².